The Balaban J connectivity index is 1.67. The molecule has 0 aliphatic heterocycles. The monoisotopic (exact) mass is 1050 g/mol. The van der Waals surface area contributed by atoms with Crippen molar-refractivity contribution >= 4 is 0 Å². The Morgan fingerprint density at radius 1 is 0.240 bits per heavy atom. The summed E-state index contributed by atoms with van der Waals surface area (Å²) in [7, 11) is 0. The zero-order chi connectivity index (χ0) is 53.3. The molecule has 0 saturated heterocycles. The Kier molecular flexibility index (Phi) is 55.4. The van der Waals surface area contributed by atoms with Gasteiger partial charge >= 0.3 is 0 Å². The van der Waals surface area contributed by atoms with E-state index in [9.17, 15) is 0 Å². The Hall–Kier alpha value is -0.120. The van der Waals surface area contributed by atoms with E-state index in [4.69, 9.17) is 0 Å². The highest BCUT2D eigenvalue weighted by Crippen LogP contribution is 2.28. The van der Waals surface area contributed by atoms with Crippen LogP contribution in [0.4, 0.5) is 0 Å². The molecular weight excluding hydrogens is 907 g/mol. The van der Waals surface area contributed by atoms with E-state index in [0.29, 0.717) is 18.1 Å². The number of unbranched alkanes of at least 4 members (excludes halogenated alkanes) is 51. The lowest BCUT2D eigenvalue weighted by Crippen LogP contribution is -2.59. The maximum atomic E-state index is 4.46. The fraction of sp³-hybridized carbons (Fsp3) is 1.00. The van der Waals surface area contributed by atoms with Crippen LogP contribution in [0.15, 0.2) is 0 Å². The fourth-order valence-electron chi connectivity index (χ4n) is 13.8. The van der Waals surface area contributed by atoms with Gasteiger partial charge in [0.1, 0.15) is 0 Å². The van der Waals surface area contributed by atoms with Gasteiger partial charge in [-0.2, -0.15) is 0 Å². The van der Waals surface area contributed by atoms with Crippen LogP contribution >= 0.6 is 0 Å². The number of rotatable bonds is 61. The van der Waals surface area contributed by atoms with Gasteiger partial charge in [0.25, 0.3) is 0 Å². The van der Waals surface area contributed by atoms with Gasteiger partial charge in [-0.3, -0.25) is 4.90 Å². The maximum Gasteiger partial charge on any atom is 0.0249 e. The first-order chi connectivity index (χ1) is 37.3. The average Bonchev–Trinajstić information content (AvgIpc) is 3.43. The topological polar surface area (TPSA) is 27.3 Å². The van der Waals surface area contributed by atoms with E-state index in [2.05, 4.69) is 36.3 Å². The van der Waals surface area contributed by atoms with Crippen molar-refractivity contribution in [2.45, 2.75) is 443 Å². The highest BCUT2D eigenvalue weighted by Gasteiger charge is 2.34. The summed E-state index contributed by atoms with van der Waals surface area (Å²) in [5, 5.41) is 8.63. The van der Waals surface area contributed by atoms with Gasteiger partial charge < -0.3 is 10.6 Å². The molecule has 0 aromatic carbocycles. The molecule has 0 aromatic heterocycles. The molecule has 3 nitrogen and oxygen atoms in total. The molecule has 4 atom stereocenters. The third-order valence-electron chi connectivity index (χ3n) is 18.9. The minimum absolute atomic E-state index is 0.678. The van der Waals surface area contributed by atoms with Gasteiger partial charge in [-0.1, -0.05) is 374 Å². The molecule has 448 valence electrons. The molecule has 3 heteroatoms. The minimum atomic E-state index is 0.678. The summed E-state index contributed by atoms with van der Waals surface area (Å²) in [6, 6.07) is 2.82. The van der Waals surface area contributed by atoms with Crippen molar-refractivity contribution in [1.82, 2.24) is 15.5 Å². The highest BCUT2D eigenvalue weighted by molar-refractivity contribution is 4.95. The molecule has 2 aliphatic rings. The van der Waals surface area contributed by atoms with Crippen LogP contribution in [0.3, 0.4) is 0 Å². The first kappa shape index (κ1) is 71.0. The number of hydrogen-bond acceptors (Lipinski definition) is 3. The van der Waals surface area contributed by atoms with Crippen molar-refractivity contribution in [2.24, 2.45) is 0 Å². The maximum absolute atomic E-state index is 4.46. The van der Waals surface area contributed by atoms with Crippen molar-refractivity contribution in [2.75, 3.05) is 19.6 Å². The second-order valence-electron chi connectivity index (χ2n) is 26.1. The van der Waals surface area contributed by atoms with E-state index < -0.39 is 0 Å². The number of nitrogens with one attached hydrogen (secondary N) is 2. The molecular formula is C72H145N3. The zero-order valence-electron chi connectivity index (χ0n) is 52.7. The molecule has 0 spiro atoms. The summed E-state index contributed by atoms with van der Waals surface area (Å²) in [4.78, 5) is 3.07. The molecule has 0 radical (unpaired) electrons. The molecule has 75 heavy (non-hydrogen) atoms. The van der Waals surface area contributed by atoms with Crippen LogP contribution in [0.1, 0.15) is 419 Å². The summed E-state index contributed by atoms with van der Waals surface area (Å²) < 4.78 is 0. The summed E-state index contributed by atoms with van der Waals surface area (Å²) in [5.74, 6) is 0. The second kappa shape index (κ2) is 58.5. The standard InChI is InChI=1S/C72H145N3/c1-4-7-10-13-16-19-22-25-28-31-34-37-40-43-46-49-52-59-66-73-69-62-55-56-63-70(69)74-71-64-57-58-65-72(71)75(67-60-53-50-47-44-41-38-35-32-29-26-23-20-17-14-11-8-5-2)68-61-54-51-48-45-42-39-36-33-30-27-24-21-18-15-12-9-6-3/h69-74H,4-68H2,1-3H3. The zero-order valence-corrected chi connectivity index (χ0v) is 52.7. The van der Waals surface area contributed by atoms with Crippen LogP contribution in [0.5, 0.6) is 0 Å². The van der Waals surface area contributed by atoms with E-state index in [1.807, 2.05) is 0 Å². The highest BCUT2D eigenvalue weighted by atomic mass is 15.2. The number of nitrogens with zero attached hydrogens (tertiary/aromatic N) is 1. The lowest BCUT2D eigenvalue weighted by Gasteiger charge is -2.44. The Bertz CT molecular complexity index is 1020. The van der Waals surface area contributed by atoms with Gasteiger partial charge in [0.15, 0.2) is 0 Å². The third kappa shape index (κ3) is 46.2. The van der Waals surface area contributed by atoms with Crippen LogP contribution in [0.2, 0.25) is 0 Å². The lowest BCUT2D eigenvalue weighted by molar-refractivity contribution is 0.102. The molecule has 2 fully saturated rings. The van der Waals surface area contributed by atoms with Gasteiger partial charge in [0, 0.05) is 24.2 Å². The van der Waals surface area contributed by atoms with Crippen LogP contribution < -0.4 is 10.6 Å². The summed E-state index contributed by atoms with van der Waals surface area (Å²) in [5.41, 5.74) is 0. The average molecular weight is 1050 g/mol. The Morgan fingerprint density at radius 2 is 0.467 bits per heavy atom. The van der Waals surface area contributed by atoms with Crippen molar-refractivity contribution in [1.29, 1.82) is 0 Å². The smallest absolute Gasteiger partial charge is 0.0249 e. The summed E-state index contributed by atoms with van der Waals surface area (Å²) in [6.45, 7) is 10.9. The van der Waals surface area contributed by atoms with Gasteiger partial charge in [-0.05, 0) is 64.6 Å². The SMILES string of the molecule is CCCCCCCCCCCCCCCCCCCCNC1CCCCC1NC1CCCCC1N(CCCCCCCCCCCCCCCCCCCC)CCCCCCCCCCCCCCCCCCCC. The molecule has 4 unspecified atom stereocenters. The van der Waals surface area contributed by atoms with Crippen molar-refractivity contribution in [3.63, 3.8) is 0 Å². The van der Waals surface area contributed by atoms with Crippen molar-refractivity contribution in [3.8, 4) is 0 Å². The molecule has 2 rings (SSSR count). The molecule has 2 N–H and O–H groups in total. The first-order valence-corrected chi connectivity index (χ1v) is 36.5. The largest absolute Gasteiger partial charge is 0.312 e. The van der Waals surface area contributed by atoms with Gasteiger partial charge in [-0.15, -0.1) is 0 Å². The second-order valence-corrected chi connectivity index (χ2v) is 26.1. The molecule has 0 amide bonds. The van der Waals surface area contributed by atoms with Crippen molar-refractivity contribution in [3.05, 3.63) is 0 Å². The van der Waals surface area contributed by atoms with Crippen molar-refractivity contribution < 1.29 is 0 Å². The normalized spacial score (nSPS) is 18.2. The lowest BCUT2D eigenvalue weighted by atomic mass is 9.84. The van der Waals surface area contributed by atoms with E-state index in [0.717, 1.165) is 6.04 Å². The first-order valence-electron chi connectivity index (χ1n) is 36.5. The van der Waals surface area contributed by atoms with E-state index in [1.165, 1.54) is 418 Å². The van der Waals surface area contributed by atoms with Gasteiger partial charge in [0.2, 0.25) is 0 Å². The predicted molar refractivity (Wildman–Crippen MR) is 341 cm³/mol. The molecule has 0 heterocycles. The third-order valence-corrected chi connectivity index (χ3v) is 18.9. The molecule has 2 aliphatic carbocycles. The Labute approximate surface area is 475 Å². The summed E-state index contributed by atoms with van der Waals surface area (Å²) >= 11 is 0. The molecule has 0 bridgehead atoms. The minimum Gasteiger partial charge on any atom is -0.312 e. The van der Waals surface area contributed by atoms with E-state index in [1.54, 1.807) is 0 Å². The van der Waals surface area contributed by atoms with Crippen LogP contribution in [-0.4, -0.2) is 48.7 Å². The summed E-state index contributed by atoms with van der Waals surface area (Å²) in [6.07, 6.45) is 90.4. The van der Waals surface area contributed by atoms with Crippen LogP contribution in [-0.2, 0) is 0 Å². The van der Waals surface area contributed by atoms with Gasteiger partial charge in [0.05, 0.1) is 0 Å². The number of hydrogen-bond donors (Lipinski definition) is 2. The van der Waals surface area contributed by atoms with E-state index >= 15 is 0 Å². The van der Waals surface area contributed by atoms with Gasteiger partial charge in [-0.25, -0.2) is 0 Å². The molecule has 2 saturated carbocycles. The molecule has 0 aromatic rings. The van der Waals surface area contributed by atoms with Crippen LogP contribution in [0.25, 0.3) is 0 Å². The predicted octanol–water partition coefficient (Wildman–Crippen LogP) is 24.2. The quantitative estimate of drug-likeness (QED) is 0.0595. The fourth-order valence-corrected chi connectivity index (χ4v) is 13.8. The van der Waals surface area contributed by atoms with E-state index in [-0.39, 0.29) is 0 Å². The Morgan fingerprint density at radius 3 is 0.760 bits per heavy atom. The van der Waals surface area contributed by atoms with Crippen LogP contribution in [0, 0.1) is 0 Å².